The highest BCUT2D eigenvalue weighted by molar-refractivity contribution is 5.99. The van der Waals surface area contributed by atoms with Gasteiger partial charge in [-0.1, -0.05) is 42.0 Å². The maximum absolute atomic E-state index is 13.4. The number of halogens is 1. The summed E-state index contributed by atoms with van der Waals surface area (Å²) in [5, 5.41) is 6.03. The van der Waals surface area contributed by atoms with E-state index in [0.29, 0.717) is 16.7 Å². The summed E-state index contributed by atoms with van der Waals surface area (Å²) in [5.74, 6) is -0.557. The molecule has 0 bridgehead atoms. The van der Waals surface area contributed by atoms with Gasteiger partial charge < -0.3 is 15.5 Å². The van der Waals surface area contributed by atoms with Crippen LogP contribution >= 0.6 is 0 Å². The van der Waals surface area contributed by atoms with Crippen molar-refractivity contribution in [3.05, 3.63) is 101 Å². The van der Waals surface area contributed by atoms with Gasteiger partial charge in [0.2, 0.25) is 0 Å². The molecule has 6 heteroatoms. The van der Waals surface area contributed by atoms with Crippen LogP contribution in [-0.2, 0) is 6.54 Å². The number of aryl methyl sites for hydroxylation is 1. The van der Waals surface area contributed by atoms with Crippen LogP contribution in [-0.4, -0.2) is 30.9 Å². The molecule has 3 aromatic rings. The van der Waals surface area contributed by atoms with Gasteiger partial charge in [0.1, 0.15) is 5.82 Å². The molecule has 3 aromatic carbocycles. The lowest BCUT2D eigenvalue weighted by Gasteiger charge is -2.35. The molecular formula is C27H28FN3O2. The number of nitrogens with zero attached hydrogens (tertiary/aromatic N) is 1. The maximum Gasteiger partial charge on any atom is 0.253 e. The van der Waals surface area contributed by atoms with E-state index >= 15 is 0 Å². The van der Waals surface area contributed by atoms with Gasteiger partial charge in [-0.15, -0.1) is 0 Å². The Kier molecular flexibility index (Phi) is 7.03. The summed E-state index contributed by atoms with van der Waals surface area (Å²) in [6.45, 7) is 3.72. The molecule has 0 atom stereocenters. The second-order valence-corrected chi connectivity index (χ2v) is 8.43. The van der Waals surface area contributed by atoms with Crippen LogP contribution < -0.4 is 15.5 Å². The first-order valence-corrected chi connectivity index (χ1v) is 11.2. The molecule has 1 aliphatic heterocycles. The molecule has 0 radical (unpaired) electrons. The van der Waals surface area contributed by atoms with E-state index in [2.05, 4.69) is 15.5 Å². The lowest BCUT2D eigenvalue weighted by atomic mass is 10.0. The van der Waals surface area contributed by atoms with Gasteiger partial charge in [0.25, 0.3) is 11.8 Å². The molecule has 0 aliphatic carbocycles. The van der Waals surface area contributed by atoms with Crippen LogP contribution in [0.1, 0.15) is 44.7 Å². The van der Waals surface area contributed by atoms with Gasteiger partial charge in [-0.25, -0.2) is 4.39 Å². The molecule has 0 aromatic heterocycles. The molecule has 0 saturated carbocycles. The summed E-state index contributed by atoms with van der Waals surface area (Å²) < 4.78 is 13.4. The summed E-state index contributed by atoms with van der Waals surface area (Å²) in [7, 11) is 0. The normalized spacial score (nSPS) is 14.1. The van der Waals surface area contributed by atoms with Crippen LogP contribution in [0.15, 0.2) is 72.8 Å². The Morgan fingerprint density at radius 1 is 0.939 bits per heavy atom. The number of nitrogens with one attached hydrogen (secondary N) is 2. The van der Waals surface area contributed by atoms with E-state index in [1.807, 2.05) is 55.5 Å². The van der Waals surface area contributed by atoms with Gasteiger partial charge in [0, 0.05) is 36.9 Å². The van der Waals surface area contributed by atoms with Gasteiger partial charge in [-0.2, -0.15) is 0 Å². The first-order chi connectivity index (χ1) is 16.0. The number of hydrogen-bond donors (Lipinski definition) is 2. The van der Waals surface area contributed by atoms with Crippen molar-refractivity contribution in [3.63, 3.8) is 0 Å². The lowest BCUT2D eigenvalue weighted by molar-refractivity contribution is 0.0929. The van der Waals surface area contributed by atoms with E-state index in [4.69, 9.17) is 0 Å². The predicted octanol–water partition coefficient (Wildman–Crippen LogP) is 4.46. The number of para-hydroxylation sites is 1. The van der Waals surface area contributed by atoms with Gasteiger partial charge >= 0.3 is 0 Å². The summed E-state index contributed by atoms with van der Waals surface area (Å²) >= 11 is 0. The number of hydrogen-bond acceptors (Lipinski definition) is 3. The number of carbonyl (C=O) groups is 2. The van der Waals surface area contributed by atoms with Crippen LogP contribution in [0.4, 0.5) is 10.1 Å². The minimum absolute atomic E-state index is 0.0470. The van der Waals surface area contributed by atoms with Crippen molar-refractivity contribution in [2.45, 2.75) is 32.4 Å². The number of piperidine rings is 1. The van der Waals surface area contributed by atoms with Crippen molar-refractivity contribution >= 4 is 17.5 Å². The maximum atomic E-state index is 13.4. The van der Waals surface area contributed by atoms with Crippen molar-refractivity contribution in [1.82, 2.24) is 10.6 Å². The second kappa shape index (κ2) is 10.3. The molecule has 1 aliphatic rings. The highest BCUT2D eigenvalue weighted by atomic mass is 19.1. The molecular weight excluding hydrogens is 417 g/mol. The fraction of sp³-hybridized carbons (Fsp3) is 0.259. The Labute approximate surface area is 193 Å². The van der Waals surface area contributed by atoms with Gasteiger partial charge in [-0.05, 0) is 61.7 Å². The fourth-order valence-electron chi connectivity index (χ4n) is 4.19. The number of carbonyl (C=O) groups excluding carboxylic acids is 2. The van der Waals surface area contributed by atoms with Crippen LogP contribution in [0.2, 0.25) is 0 Å². The number of benzene rings is 3. The minimum Gasteiger partial charge on any atom is -0.371 e. The standard InChI is InChI=1S/C27H28FN3O2/c1-19-6-4-8-21(16-19)26(32)30-23-12-14-31(15-13-23)25-11-3-2-10-24(25)27(33)29-18-20-7-5-9-22(28)17-20/h2-11,16-17,23H,12-15,18H2,1H3,(H,29,33)(H,30,32). The van der Waals surface area contributed by atoms with Crippen LogP contribution in [0, 0.1) is 12.7 Å². The molecule has 2 N–H and O–H groups in total. The third-order valence-electron chi connectivity index (χ3n) is 5.94. The quantitative estimate of drug-likeness (QED) is 0.589. The molecule has 0 unspecified atom stereocenters. The Morgan fingerprint density at radius 3 is 2.45 bits per heavy atom. The first-order valence-electron chi connectivity index (χ1n) is 11.2. The zero-order valence-electron chi connectivity index (χ0n) is 18.7. The zero-order chi connectivity index (χ0) is 23.2. The smallest absolute Gasteiger partial charge is 0.253 e. The summed E-state index contributed by atoms with van der Waals surface area (Å²) in [6.07, 6.45) is 1.60. The van der Waals surface area contributed by atoms with Crippen LogP contribution in [0.3, 0.4) is 0 Å². The van der Waals surface area contributed by atoms with Crippen molar-refractivity contribution in [1.29, 1.82) is 0 Å². The molecule has 1 heterocycles. The minimum atomic E-state index is -0.320. The monoisotopic (exact) mass is 445 g/mol. The van der Waals surface area contributed by atoms with Crippen molar-refractivity contribution in [2.75, 3.05) is 18.0 Å². The SMILES string of the molecule is Cc1cccc(C(=O)NC2CCN(c3ccccc3C(=O)NCc3cccc(F)c3)CC2)c1. The Hall–Kier alpha value is -3.67. The summed E-state index contributed by atoms with van der Waals surface area (Å²) in [5.41, 5.74) is 3.92. The third kappa shape index (κ3) is 5.77. The molecule has 4 rings (SSSR count). The van der Waals surface area contributed by atoms with E-state index in [0.717, 1.165) is 37.2 Å². The highest BCUT2D eigenvalue weighted by Crippen LogP contribution is 2.24. The van der Waals surface area contributed by atoms with E-state index in [1.54, 1.807) is 12.1 Å². The molecule has 1 saturated heterocycles. The Balaban J connectivity index is 1.35. The molecule has 170 valence electrons. The molecule has 1 fully saturated rings. The Morgan fingerprint density at radius 2 is 1.70 bits per heavy atom. The highest BCUT2D eigenvalue weighted by Gasteiger charge is 2.24. The first kappa shape index (κ1) is 22.5. The molecule has 33 heavy (non-hydrogen) atoms. The lowest BCUT2D eigenvalue weighted by Crippen LogP contribution is -2.45. The largest absolute Gasteiger partial charge is 0.371 e. The molecule has 5 nitrogen and oxygen atoms in total. The van der Waals surface area contributed by atoms with E-state index < -0.39 is 0 Å². The number of anilines is 1. The van der Waals surface area contributed by atoms with E-state index in [9.17, 15) is 14.0 Å². The number of rotatable bonds is 6. The van der Waals surface area contributed by atoms with Crippen molar-refractivity contribution in [2.24, 2.45) is 0 Å². The van der Waals surface area contributed by atoms with Gasteiger partial charge in [0.15, 0.2) is 0 Å². The van der Waals surface area contributed by atoms with Crippen LogP contribution in [0.25, 0.3) is 0 Å². The topological polar surface area (TPSA) is 61.4 Å². The summed E-state index contributed by atoms with van der Waals surface area (Å²) in [4.78, 5) is 27.6. The molecule has 0 spiro atoms. The van der Waals surface area contributed by atoms with Gasteiger partial charge in [0.05, 0.1) is 5.56 Å². The van der Waals surface area contributed by atoms with Crippen molar-refractivity contribution in [3.8, 4) is 0 Å². The van der Waals surface area contributed by atoms with Gasteiger partial charge in [-0.3, -0.25) is 9.59 Å². The fourth-order valence-corrected chi connectivity index (χ4v) is 4.19. The predicted molar refractivity (Wildman–Crippen MR) is 128 cm³/mol. The Bertz CT molecular complexity index is 1140. The van der Waals surface area contributed by atoms with Crippen molar-refractivity contribution < 1.29 is 14.0 Å². The zero-order valence-corrected chi connectivity index (χ0v) is 18.7. The summed E-state index contributed by atoms with van der Waals surface area (Å²) in [6, 6.07) is 21.4. The van der Waals surface area contributed by atoms with Crippen LogP contribution in [0.5, 0.6) is 0 Å². The molecule has 2 amide bonds. The van der Waals surface area contributed by atoms with E-state index in [1.165, 1.54) is 12.1 Å². The average Bonchev–Trinajstić information content (AvgIpc) is 2.83. The number of amides is 2. The third-order valence-corrected chi connectivity index (χ3v) is 5.94. The average molecular weight is 446 g/mol. The second-order valence-electron chi connectivity index (χ2n) is 8.43. The van der Waals surface area contributed by atoms with E-state index in [-0.39, 0.29) is 30.2 Å².